The molecule has 1 aliphatic rings. The molecule has 0 aliphatic heterocycles. The number of hydrogen-bond acceptors (Lipinski definition) is 1. The number of rotatable bonds is 7. The predicted molar refractivity (Wildman–Crippen MR) is 93.3 cm³/mol. The van der Waals surface area contributed by atoms with Gasteiger partial charge in [-0.25, -0.2) is 0 Å². The van der Waals surface area contributed by atoms with E-state index in [0.717, 1.165) is 19.3 Å². The molecule has 0 saturated heterocycles. The Labute approximate surface area is 131 Å². The molecular weight excluding hydrogens is 256 g/mol. The summed E-state index contributed by atoms with van der Waals surface area (Å²) in [6.07, 6.45) is 11.8. The summed E-state index contributed by atoms with van der Waals surface area (Å²) >= 11 is 0. The van der Waals surface area contributed by atoms with Gasteiger partial charge in [0.1, 0.15) is 0 Å². The van der Waals surface area contributed by atoms with E-state index in [-0.39, 0.29) is 0 Å². The van der Waals surface area contributed by atoms with Crippen molar-refractivity contribution in [3.63, 3.8) is 0 Å². The molecule has 0 spiro atoms. The maximum absolute atomic E-state index is 9.91. The van der Waals surface area contributed by atoms with E-state index in [1.54, 1.807) is 6.08 Å². The van der Waals surface area contributed by atoms with Crippen LogP contribution in [0, 0.1) is 11.3 Å². The minimum Gasteiger partial charge on any atom is -0.386 e. The molecule has 1 heteroatoms. The van der Waals surface area contributed by atoms with Crippen LogP contribution in [0.2, 0.25) is 0 Å². The molecule has 0 amide bonds. The Bertz CT molecular complexity index is 398. The summed E-state index contributed by atoms with van der Waals surface area (Å²) in [5, 5.41) is 9.91. The highest BCUT2D eigenvalue weighted by molar-refractivity contribution is 5.11. The summed E-state index contributed by atoms with van der Waals surface area (Å²) in [5.41, 5.74) is 2.55. The van der Waals surface area contributed by atoms with Crippen molar-refractivity contribution in [1.82, 2.24) is 0 Å². The van der Waals surface area contributed by atoms with Gasteiger partial charge in [0.15, 0.2) is 0 Å². The van der Waals surface area contributed by atoms with E-state index in [9.17, 15) is 5.11 Å². The van der Waals surface area contributed by atoms with Crippen LogP contribution in [0.5, 0.6) is 0 Å². The molecule has 1 fully saturated rings. The summed E-state index contributed by atoms with van der Waals surface area (Å²) in [7, 11) is 0. The van der Waals surface area contributed by atoms with E-state index in [2.05, 4.69) is 40.0 Å². The zero-order valence-corrected chi connectivity index (χ0v) is 14.5. The average Bonchev–Trinajstić information content (AvgIpc) is 2.37. The Balaban J connectivity index is 2.46. The van der Waals surface area contributed by atoms with E-state index < -0.39 is 5.60 Å². The van der Waals surface area contributed by atoms with E-state index in [0.29, 0.717) is 11.3 Å². The van der Waals surface area contributed by atoms with Crippen LogP contribution in [0.25, 0.3) is 0 Å². The monoisotopic (exact) mass is 290 g/mol. The Kier molecular flexibility index (Phi) is 6.46. The average molecular weight is 290 g/mol. The van der Waals surface area contributed by atoms with Crippen LogP contribution in [0.3, 0.4) is 0 Å². The minimum absolute atomic E-state index is 0.405. The normalized spacial score (nSPS) is 25.5. The van der Waals surface area contributed by atoms with Crippen LogP contribution in [0.4, 0.5) is 0 Å². The van der Waals surface area contributed by atoms with Gasteiger partial charge in [-0.2, -0.15) is 0 Å². The predicted octanol–water partition coefficient (Wildman–Crippen LogP) is 5.81. The first-order valence-corrected chi connectivity index (χ1v) is 8.37. The van der Waals surface area contributed by atoms with Gasteiger partial charge in [0, 0.05) is 0 Å². The van der Waals surface area contributed by atoms with Crippen molar-refractivity contribution in [2.75, 3.05) is 0 Å². The lowest BCUT2D eigenvalue weighted by molar-refractivity contribution is 0.103. The van der Waals surface area contributed by atoms with Crippen LogP contribution in [0.15, 0.2) is 36.5 Å². The second kappa shape index (κ2) is 7.45. The van der Waals surface area contributed by atoms with Gasteiger partial charge in [0.25, 0.3) is 0 Å². The van der Waals surface area contributed by atoms with Crippen LogP contribution in [-0.2, 0) is 0 Å². The summed E-state index contributed by atoms with van der Waals surface area (Å²) in [6, 6.07) is 0. The Morgan fingerprint density at radius 3 is 2.71 bits per heavy atom. The second-order valence-corrected chi connectivity index (χ2v) is 7.74. The fraction of sp³-hybridized carbons (Fsp3) is 0.700. The van der Waals surface area contributed by atoms with Gasteiger partial charge in [-0.05, 0) is 70.1 Å². The molecule has 2 atom stereocenters. The molecule has 0 aromatic rings. The van der Waals surface area contributed by atoms with E-state index in [4.69, 9.17) is 0 Å². The smallest absolute Gasteiger partial charge is 0.0800 e. The van der Waals surface area contributed by atoms with E-state index >= 15 is 0 Å². The standard InChI is InChI=1S/C20H34O/c1-7-20(6,21)15-8-10-16(2)12-13-18-17(3)11-9-14-19(18,4)5/h7,10,18,21H,1,3,8-9,11-15H2,2,4-6H3. The summed E-state index contributed by atoms with van der Waals surface area (Å²) < 4.78 is 0. The number of aliphatic hydroxyl groups is 1. The van der Waals surface area contributed by atoms with Crippen molar-refractivity contribution in [3.8, 4) is 0 Å². The second-order valence-electron chi connectivity index (χ2n) is 7.74. The topological polar surface area (TPSA) is 20.2 Å². The zero-order chi connectivity index (χ0) is 16.1. The fourth-order valence-corrected chi connectivity index (χ4v) is 3.45. The fourth-order valence-electron chi connectivity index (χ4n) is 3.45. The molecule has 0 radical (unpaired) electrons. The first-order valence-electron chi connectivity index (χ1n) is 8.37. The molecule has 0 aromatic heterocycles. The highest BCUT2D eigenvalue weighted by atomic mass is 16.3. The van der Waals surface area contributed by atoms with Gasteiger partial charge in [-0.1, -0.05) is 43.7 Å². The highest BCUT2D eigenvalue weighted by Gasteiger charge is 2.33. The zero-order valence-electron chi connectivity index (χ0n) is 14.5. The van der Waals surface area contributed by atoms with E-state index in [1.807, 2.05) is 6.92 Å². The van der Waals surface area contributed by atoms with Gasteiger partial charge in [0.05, 0.1) is 5.60 Å². The van der Waals surface area contributed by atoms with Crippen molar-refractivity contribution < 1.29 is 5.11 Å². The SMILES string of the molecule is C=CC(C)(O)CCC=C(C)CCC1C(=C)CCCC1(C)C. The van der Waals surface area contributed by atoms with Crippen LogP contribution < -0.4 is 0 Å². The minimum atomic E-state index is -0.740. The van der Waals surface area contributed by atoms with Crippen LogP contribution in [0.1, 0.15) is 72.6 Å². The van der Waals surface area contributed by atoms with Crippen molar-refractivity contribution in [1.29, 1.82) is 0 Å². The third kappa shape index (κ3) is 5.82. The molecule has 0 aromatic carbocycles. The van der Waals surface area contributed by atoms with Gasteiger partial charge in [-0.3, -0.25) is 0 Å². The summed E-state index contributed by atoms with van der Waals surface area (Å²) in [5.74, 6) is 0.658. The molecule has 21 heavy (non-hydrogen) atoms. The van der Waals surface area contributed by atoms with Crippen molar-refractivity contribution in [3.05, 3.63) is 36.5 Å². The van der Waals surface area contributed by atoms with Crippen LogP contribution >= 0.6 is 0 Å². The number of hydrogen-bond donors (Lipinski definition) is 1. The first-order chi connectivity index (χ1) is 9.68. The lowest BCUT2D eigenvalue weighted by Gasteiger charge is -2.40. The Morgan fingerprint density at radius 1 is 1.48 bits per heavy atom. The van der Waals surface area contributed by atoms with Gasteiger partial charge >= 0.3 is 0 Å². The van der Waals surface area contributed by atoms with Crippen molar-refractivity contribution >= 4 is 0 Å². The quantitative estimate of drug-likeness (QED) is 0.586. The molecule has 1 aliphatic carbocycles. The van der Waals surface area contributed by atoms with Crippen molar-refractivity contribution in [2.24, 2.45) is 11.3 Å². The van der Waals surface area contributed by atoms with E-state index in [1.165, 1.54) is 36.8 Å². The largest absolute Gasteiger partial charge is 0.386 e. The molecule has 1 N–H and O–H groups in total. The molecule has 0 bridgehead atoms. The maximum Gasteiger partial charge on any atom is 0.0800 e. The lowest BCUT2D eigenvalue weighted by Crippen LogP contribution is -2.29. The van der Waals surface area contributed by atoms with Gasteiger partial charge in [-0.15, -0.1) is 6.58 Å². The number of allylic oxidation sites excluding steroid dienone is 3. The molecule has 1 saturated carbocycles. The van der Waals surface area contributed by atoms with Gasteiger partial charge < -0.3 is 5.11 Å². The first kappa shape index (κ1) is 18.2. The van der Waals surface area contributed by atoms with Crippen molar-refractivity contribution in [2.45, 2.75) is 78.2 Å². The third-order valence-corrected chi connectivity index (χ3v) is 5.17. The molecule has 0 heterocycles. The van der Waals surface area contributed by atoms with Gasteiger partial charge in [0.2, 0.25) is 0 Å². The summed E-state index contributed by atoms with van der Waals surface area (Å²) in [6.45, 7) is 16.8. The Hall–Kier alpha value is -0.820. The maximum atomic E-state index is 9.91. The Morgan fingerprint density at radius 2 is 2.14 bits per heavy atom. The molecule has 120 valence electrons. The highest BCUT2D eigenvalue weighted by Crippen LogP contribution is 2.45. The molecular formula is C20H34O. The molecule has 1 rings (SSSR count). The molecule has 2 unspecified atom stereocenters. The van der Waals surface area contributed by atoms with Crippen LogP contribution in [-0.4, -0.2) is 10.7 Å². The summed E-state index contributed by atoms with van der Waals surface area (Å²) in [4.78, 5) is 0. The molecule has 1 nitrogen and oxygen atoms in total. The third-order valence-electron chi connectivity index (χ3n) is 5.17. The lowest BCUT2D eigenvalue weighted by atomic mass is 9.65.